The predicted octanol–water partition coefficient (Wildman–Crippen LogP) is 3.53. The van der Waals surface area contributed by atoms with Crippen molar-refractivity contribution >= 4 is 21.7 Å². The molecule has 0 saturated carbocycles. The maximum absolute atomic E-state index is 4.72. The van der Waals surface area contributed by atoms with Crippen LogP contribution in [-0.2, 0) is 5.41 Å². The van der Waals surface area contributed by atoms with Crippen LogP contribution in [0.4, 0.5) is 5.82 Å². The fourth-order valence-corrected chi connectivity index (χ4v) is 2.53. The molecular formula is C13H20BrN3. The number of hydrogen-bond acceptors (Lipinski definition) is 3. The first-order valence-electron chi connectivity index (χ1n) is 6.19. The topological polar surface area (TPSA) is 29.0 Å². The molecule has 94 valence electrons. The molecule has 1 fully saturated rings. The van der Waals surface area contributed by atoms with E-state index in [1.165, 1.54) is 12.8 Å². The highest BCUT2D eigenvalue weighted by atomic mass is 79.9. The summed E-state index contributed by atoms with van der Waals surface area (Å²) in [7, 11) is 0. The molecule has 4 heteroatoms. The van der Waals surface area contributed by atoms with Crippen LogP contribution in [0.3, 0.4) is 0 Å². The van der Waals surface area contributed by atoms with E-state index in [4.69, 9.17) is 4.98 Å². The predicted molar refractivity (Wildman–Crippen MR) is 74.5 cm³/mol. The summed E-state index contributed by atoms with van der Waals surface area (Å²) in [4.78, 5) is 11.6. The van der Waals surface area contributed by atoms with Gasteiger partial charge in [0.1, 0.15) is 16.2 Å². The molecule has 0 bridgehead atoms. The molecule has 1 aromatic rings. The van der Waals surface area contributed by atoms with Gasteiger partial charge < -0.3 is 4.90 Å². The summed E-state index contributed by atoms with van der Waals surface area (Å²) in [6.07, 6.45) is 2.51. The summed E-state index contributed by atoms with van der Waals surface area (Å²) in [5.74, 6) is 1.96. The summed E-state index contributed by atoms with van der Waals surface area (Å²) < 4.78 is 0.881. The van der Waals surface area contributed by atoms with Crippen molar-refractivity contribution in [3.63, 3.8) is 0 Å². The van der Waals surface area contributed by atoms with Crippen molar-refractivity contribution in [3.05, 3.63) is 16.5 Å². The first kappa shape index (κ1) is 12.8. The van der Waals surface area contributed by atoms with Crippen LogP contribution in [0.25, 0.3) is 0 Å². The molecule has 0 spiro atoms. The van der Waals surface area contributed by atoms with Gasteiger partial charge in [-0.05, 0) is 35.7 Å². The van der Waals surface area contributed by atoms with Crippen molar-refractivity contribution in [1.82, 2.24) is 9.97 Å². The highest BCUT2D eigenvalue weighted by Crippen LogP contribution is 2.28. The molecule has 0 N–H and O–H groups in total. The third kappa shape index (κ3) is 2.79. The molecule has 1 atom stereocenters. The number of anilines is 1. The van der Waals surface area contributed by atoms with E-state index < -0.39 is 0 Å². The van der Waals surface area contributed by atoms with Crippen molar-refractivity contribution in [1.29, 1.82) is 0 Å². The molecule has 0 aliphatic carbocycles. The fourth-order valence-electron chi connectivity index (χ4n) is 2.16. The van der Waals surface area contributed by atoms with E-state index in [-0.39, 0.29) is 5.41 Å². The van der Waals surface area contributed by atoms with Gasteiger partial charge >= 0.3 is 0 Å². The van der Waals surface area contributed by atoms with Crippen molar-refractivity contribution in [2.75, 3.05) is 11.4 Å². The Hall–Kier alpha value is -0.640. The number of halogens is 1. The normalized spacial score (nSPS) is 21.0. The molecule has 1 unspecified atom stereocenters. The van der Waals surface area contributed by atoms with Gasteiger partial charge in [-0.25, -0.2) is 9.97 Å². The summed E-state index contributed by atoms with van der Waals surface area (Å²) in [6.45, 7) is 9.80. The van der Waals surface area contributed by atoms with Crippen LogP contribution >= 0.6 is 15.9 Å². The molecule has 0 aromatic carbocycles. The van der Waals surface area contributed by atoms with E-state index >= 15 is 0 Å². The largest absolute Gasteiger partial charge is 0.354 e. The van der Waals surface area contributed by atoms with Crippen molar-refractivity contribution in [3.8, 4) is 0 Å². The van der Waals surface area contributed by atoms with Crippen LogP contribution < -0.4 is 4.90 Å². The van der Waals surface area contributed by atoms with Crippen LogP contribution in [0.5, 0.6) is 0 Å². The van der Waals surface area contributed by atoms with E-state index in [2.05, 4.69) is 53.5 Å². The minimum atomic E-state index is -0.0124. The summed E-state index contributed by atoms with van der Waals surface area (Å²) in [5.41, 5.74) is -0.0124. The lowest BCUT2D eigenvalue weighted by atomic mass is 9.96. The average molecular weight is 298 g/mol. The maximum atomic E-state index is 4.72. The molecule has 2 heterocycles. The highest BCUT2D eigenvalue weighted by Gasteiger charge is 2.25. The Morgan fingerprint density at radius 3 is 2.59 bits per heavy atom. The molecule has 0 radical (unpaired) electrons. The number of rotatable bonds is 1. The first-order valence-corrected chi connectivity index (χ1v) is 6.99. The van der Waals surface area contributed by atoms with Gasteiger partial charge in [0.05, 0.1) is 0 Å². The molecule has 1 aromatic heterocycles. The van der Waals surface area contributed by atoms with Gasteiger partial charge in [0, 0.05) is 24.1 Å². The zero-order chi connectivity index (χ0) is 12.6. The lowest BCUT2D eigenvalue weighted by Crippen LogP contribution is -2.28. The lowest BCUT2D eigenvalue weighted by Gasteiger charge is -2.25. The van der Waals surface area contributed by atoms with E-state index in [1.54, 1.807) is 0 Å². The van der Waals surface area contributed by atoms with Gasteiger partial charge in [0.2, 0.25) is 0 Å². The van der Waals surface area contributed by atoms with Crippen LogP contribution in [-0.4, -0.2) is 22.6 Å². The standard InChI is InChI=1S/C13H20BrN3/c1-9-6-5-7-17(9)11-8-10(14)15-12(16-11)13(2,3)4/h8-9H,5-7H2,1-4H3. The molecular weight excluding hydrogens is 278 g/mol. The zero-order valence-corrected chi connectivity index (χ0v) is 12.6. The third-order valence-electron chi connectivity index (χ3n) is 3.20. The Morgan fingerprint density at radius 1 is 1.35 bits per heavy atom. The van der Waals surface area contributed by atoms with Gasteiger partial charge in [-0.1, -0.05) is 20.8 Å². The Balaban J connectivity index is 2.38. The quantitative estimate of drug-likeness (QED) is 0.743. The maximum Gasteiger partial charge on any atom is 0.137 e. The van der Waals surface area contributed by atoms with E-state index in [1.807, 2.05) is 6.07 Å². The van der Waals surface area contributed by atoms with Gasteiger partial charge in [-0.2, -0.15) is 0 Å². The van der Waals surface area contributed by atoms with Crippen LogP contribution in [0, 0.1) is 0 Å². The van der Waals surface area contributed by atoms with Gasteiger partial charge in [0.25, 0.3) is 0 Å². The van der Waals surface area contributed by atoms with E-state index in [9.17, 15) is 0 Å². The Kier molecular flexibility index (Phi) is 3.43. The van der Waals surface area contributed by atoms with Crippen molar-refractivity contribution in [2.45, 2.75) is 52.0 Å². The summed E-state index contributed by atoms with van der Waals surface area (Å²) >= 11 is 3.49. The van der Waals surface area contributed by atoms with Crippen LogP contribution in [0.1, 0.15) is 46.4 Å². The molecule has 0 amide bonds. The molecule has 1 aliphatic rings. The minimum Gasteiger partial charge on any atom is -0.354 e. The summed E-state index contributed by atoms with van der Waals surface area (Å²) in [6, 6.07) is 2.61. The van der Waals surface area contributed by atoms with Gasteiger partial charge in [-0.15, -0.1) is 0 Å². The lowest BCUT2D eigenvalue weighted by molar-refractivity contribution is 0.541. The van der Waals surface area contributed by atoms with Crippen molar-refractivity contribution < 1.29 is 0 Å². The average Bonchev–Trinajstić information content (AvgIpc) is 2.62. The Labute approximate surface area is 112 Å². The molecule has 1 saturated heterocycles. The van der Waals surface area contributed by atoms with E-state index in [0.717, 1.165) is 22.8 Å². The second-order valence-corrected chi connectivity index (χ2v) is 6.62. The smallest absolute Gasteiger partial charge is 0.137 e. The zero-order valence-electron chi connectivity index (χ0n) is 11.0. The Morgan fingerprint density at radius 2 is 2.06 bits per heavy atom. The number of hydrogen-bond donors (Lipinski definition) is 0. The van der Waals surface area contributed by atoms with Gasteiger partial charge in [-0.3, -0.25) is 0 Å². The fraction of sp³-hybridized carbons (Fsp3) is 0.692. The third-order valence-corrected chi connectivity index (χ3v) is 3.61. The van der Waals surface area contributed by atoms with E-state index in [0.29, 0.717) is 6.04 Å². The van der Waals surface area contributed by atoms with Crippen LogP contribution in [0.2, 0.25) is 0 Å². The number of aromatic nitrogens is 2. The number of nitrogens with zero attached hydrogens (tertiary/aromatic N) is 3. The first-order chi connectivity index (χ1) is 7.88. The summed E-state index contributed by atoms with van der Waals surface area (Å²) in [5, 5.41) is 0. The minimum absolute atomic E-state index is 0.0124. The van der Waals surface area contributed by atoms with Crippen LogP contribution in [0.15, 0.2) is 10.7 Å². The molecule has 3 nitrogen and oxygen atoms in total. The SMILES string of the molecule is CC1CCCN1c1cc(Br)nc(C(C)(C)C)n1. The second kappa shape index (κ2) is 4.56. The molecule has 2 rings (SSSR count). The molecule has 1 aliphatic heterocycles. The Bertz CT molecular complexity index is 412. The van der Waals surface area contributed by atoms with Gasteiger partial charge in [0.15, 0.2) is 0 Å². The van der Waals surface area contributed by atoms with Crippen molar-refractivity contribution in [2.24, 2.45) is 0 Å². The molecule has 17 heavy (non-hydrogen) atoms. The second-order valence-electron chi connectivity index (χ2n) is 5.81. The monoisotopic (exact) mass is 297 g/mol. The highest BCUT2D eigenvalue weighted by molar-refractivity contribution is 9.10.